The van der Waals surface area contributed by atoms with Gasteiger partial charge in [0.2, 0.25) is 0 Å². The summed E-state index contributed by atoms with van der Waals surface area (Å²) in [6.45, 7) is 8.29. The lowest BCUT2D eigenvalue weighted by molar-refractivity contribution is -0.122. The van der Waals surface area contributed by atoms with Gasteiger partial charge in [-0.25, -0.2) is 9.97 Å². The Labute approximate surface area is 227 Å². The second-order valence-electron chi connectivity index (χ2n) is 9.35. The molecule has 10 heteroatoms. The van der Waals surface area contributed by atoms with Gasteiger partial charge >= 0.3 is 0 Å². The minimum absolute atomic E-state index is 0.134. The van der Waals surface area contributed by atoms with Crippen molar-refractivity contribution >= 4 is 51.7 Å². The first kappa shape index (κ1) is 27.1. The Balaban J connectivity index is 1.62. The van der Waals surface area contributed by atoms with Crippen molar-refractivity contribution in [1.82, 2.24) is 23.8 Å². The van der Waals surface area contributed by atoms with Crippen LogP contribution >= 0.6 is 24.0 Å². The number of carbonyl (C=O) groups excluding carboxylic acids is 1. The summed E-state index contributed by atoms with van der Waals surface area (Å²) >= 11 is 6.84. The van der Waals surface area contributed by atoms with E-state index in [0.29, 0.717) is 45.3 Å². The number of nitrogens with zero attached hydrogens (tertiary/aromatic N) is 5. The first-order valence-corrected chi connectivity index (χ1v) is 14.1. The molecule has 0 saturated carbocycles. The fourth-order valence-corrected chi connectivity index (χ4v) is 5.68. The number of aromatic nitrogens is 4. The zero-order valence-corrected chi connectivity index (χ0v) is 23.3. The molecule has 0 radical (unpaired) electrons. The standard InChI is InChI=1S/C27H34N6O2S2/c1-4-6-10-20(5-2)17-33-26(35)22(37-27(33)36)16-21-23(29-11-8-13-31-15-12-28-18-31)30-24-19(3)9-7-14-32(24)25(21)34/h7,9,12,14-16,18,20,29H,4-6,8,10-11,13,17H2,1-3H3. The minimum Gasteiger partial charge on any atom is -0.369 e. The molecule has 0 aliphatic carbocycles. The van der Waals surface area contributed by atoms with E-state index < -0.39 is 0 Å². The molecule has 0 bridgehead atoms. The second kappa shape index (κ2) is 12.5. The minimum atomic E-state index is -0.217. The second-order valence-corrected chi connectivity index (χ2v) is 11.0. The molecule has 0 spiro atoms. The fourth-order valence-electron chi connectivity index (χ4n) is 4.43. The van der Waals surface area contributed by atoms with E-state index >= 15 is 0 Å². The van der Waals surface area contributed by atoms with E-state index in [0.717, 1.165) is 44.2 Å². The summed E-state index contributed by atoms with van der Waals surface area (Å²) in [6, 6.07) is 3.76. The molecule has 0 aromatic carbocycles. The number of thiocarbonyl (C=S) groups is 1. The van der Waals surface area contributed by atoms with Crippen LogP contribution in [0.2, 0.25) is 0 Å². The lowest BCUT2D eigenvalue weighted by atomic mass is 9.99. The molecule has 8 nitrogen and oxygen atoms in total. The number of amides is 1. The average Bonchev–Trinajstić information content (AvgIpc) is 3.50. The van der Waals surface area contributed by atoms with Gasteiger partial charge in [0.05, 0.1) is 16.8 Å². The van der Waals surface area contributed by atoms with Crippen LogP contribution in [0.4, 0.5) is 5.82 Å². The number of anilines is 1. The summed E-state index contributed by atoms with van der Waals surface area (Å²) in [5.41, 5.74) is 1.64. The van der Waals surface area contributed by atoms with Gasteiger partial charge < -0.3 is 9.88 Å². The molecule has 3 aromatic rings. The Hall–Kier alpha value is -2.98. The smallest absolute Gasteiger partial charge is 0.267 e. The quantitative estimate of drug-likeness (QED) is 0.195. The Morgan fingerprint density at radius 3 is 2.78 bits per heavy atom. The van der Waals surface area contributed by atoms with Gasteiger partial charge in [-0.15, -0.1) is 0 Å². The number of hydrogen-bond donors (Lipinski definition) is 1. The van der Waals surface area contributed by atoms with Gasteiger partial charge in [-0.1, -0.05) is 63.2 Å². The van der Waals surface area contributed by atoms with Crippen LogP contribution in [0.3, 0.4) is 0 Å². The largest absolute Gasteiger partial charge is 0.369 e. The van der Waals surface area contributed by atoms with E-state index in [2.05, 4.69) is 24.1 Å². The third kappa shape index (κ3) is 6.30. The van der Waals surface area contributed by atoms with Gasteiger partial charge in [0.15, 0.2) is 0 Å². The molecule has 3 aromatic heterocycles. The zero-order chi connectivity index (χ0) is 26.4. The molecule has 1 unspecified atom stereocenters. The highest BCUT2D eigenvalue weighted by molar-refractivity contribution is 8.26. The van der Waals surface area contributed by atoms with Gasteiger partial charge in [0.1, 0.15) is 15.8 Å². The number of aryl methyl sites for hydroxylation is 2. The predicted molar refractivity (Wildman–Crippen MR) is 155 cm³/mol. The first-order valence-electron chi connectivity index (χ1n) is 12.9. The Kier molecular flexibility index (Phi) is 9.15. The molecule has 1 aliphatic heterocycles. The van der Waals surface area contributed by atoms with Crippen LogP contribution in [0, 0.1) is 12.8 Å². The fraction of sp³-hybridized carbons (Fsp3) is 0.444. The summed E-state index contributed by atoms with van der Waals surface area (Å²) in [6.07, 6.45) is 14.0. The molecule has 4 heterocycles. The van der Waals surface area contributed by atoms with Crippen LogP contribution in [0.25, 0.3) is 11.7 Å². The molecule has 4 rings (SSSR count). The van der Waals surface area contributed by atoms with Crippen LogP contribution < -0.4 is 10.9 Å². The summed E-state index contributed by atoms with van der Waals surface area (Å²) < 4.78 is 4.09. The SMILES string of the molecule is CCCCC(CC)CN1C(=O)C(=Cc2c(NCCCn3ccnc3)nc3c(C)cccn3c2=O)SC1=S. The number of pyridine rings is 1. The summed E-state index contributed by atoms with van der Waals surface area (Å²) in [7, 11) is 0. The molecule has 1 atom stereocenters. The first-order chi connectivity index (χ1) is 17.9. The van der Waals surface area contributed by atoms with Crippen molar-refractivity contribution in [2.24, 2.45) is 5.92 Å². The van der Waals surface area contributed by atoms with Crippen LogP contribution in [0.5, 0.6) is 0 Å². The van der Waals surface area contributed by atoms with E-state index in [1.807, 2.05) is 29.8 Å². The maximum Gasteiger partial charge on any atom is 0.267 e. The molecule has 196 valence electrons. The normalized spacial score (nSPS) is 15.8. The number of fused-ring (bicyclic) bond motifs is 1. The van der Waals surface area contributed by atoms with Gasteiger partial charge in [-0.2, -0.15) is 0 Å². The van der Waals surface area contributed by atoms with Crippen LogP contribution in [-0.2, 0) is 11.3 Å². The van der Waals surface area contributed by atoms with Crippen molar-refractivity contribution in [1.29, 1.82) is 0 Å². The lowest BCUT2D eigenvalue weighted by Crippen LogP contribution is -2.33. The van der Waals surface area contributed by atoms with Crippen molar-refractivity contribution in [2.45, 2.75) is 59.4 Å². The molecule has 1 aliphatic rings. The lowest BCUT2D eigenvalue weighted by Gasteiger charge is -2.21. The number of hydrogen-bond acceptors (Lipinski definition) is 7. The van der Waals surface area contributed by atoms with Crippen LogP contribution in [0.1, 0.15) is 57.1 Å². The average molecular weight is 539 g/mol. The number of rotatable bonds is 12. The monoisotopic (exact) mass is 538 g/mol. The molecule has 1 fully saturated rings. The number of unbranched alkanes of at least 4 members (excludes halogenated alkanes) is 1. The molecule has 1 amide bonds. The van der Waals surface area contributed by atoms with Gasteiger partial charge in [0.25, 0.3) is 11.5 Å². The van der Waals surface area contributed by atoms with Crippen molar-refractivity contribution in [3.8, 4) is 0 Å². The molecular formula is C27H34N6O2S2. The van der Waals surface area contributed by atoms with E-state index in [1.165, 1.54) is 16.2 Å². The van der Waals surface area contributed by atoms with E-state index in [-0.39, 0.29) is 11.5 Å². The Morgan fingerprint density at radius 2 is 2.05 bits per heavy atom. The third-order valence-corrected chi connectivity index (χ3v) is 8.04. The third-order valence-electron chi connectivity index (χ3n) is 6.66. The highest BCUT2D eigenvalue weighted by Crippen LogP contribution is 2.34. The van der Waals surface area contributed by atoms with Crippen LogP contribution in [0.15, 0.2) is 46.8 Å². The number of carbonyl (C=O) groups is 1. The van der Waals surface area contributed by atoms with Gasteiger partial charge in [0, 0.05) is 38.2 Å². The maximum absolute atomic E-state index is 13.6. The highest BCUT2D eigenvalue weighted by atomic mass is 32.2. The molecular weight excluding hydrogens is 504 g/mol. The Morgan fingerprint density at radius 1 is 1.22 bits per heavy atom. The van der Waals surface area contributed by atoms with Crippen molar-refractivity contribution in [3.63, 3.8) is 0 Å². The van der Waals surface area contributed by atoms with Crippen LogP contribution in [-0.4, -0.2) is 47.2 Å². The van der Waals surface area contributed by atoms with E-state index in [4.69, 9.17) is 17.2 Å². The highest BCUT2D eigenvalue weighted by Gasteiger charge is 2.33. The van der Waals surface area contributed by atoms with Crippen molar-refractivity contribution in [2.75, 3.05) is 18.4 Å². The summed E-state index contributed by atoms with van der Waals surface area (Å²) in [4.78, 5) is 38.0. The maximum atomic E-state index is 13.6. The molecule has 37 heavy (non-hydrogen) atoms. The Bertz CT molecular complexity index is 1350. The molecule has 1 saturated heterocycles. The zero-order valence-electron chi connectivity index (χ0n) is 21.6. The van der Waals surface area contributed by atoms with Crippen molar-refractivity contribution < 1.29 is 4.79 Å². The van der Waals surface area contributed by atoms with E-state index in [9.17, 15) is 9.59 Å². The van der Waals surface area contributed by atoms with Gasteiger partial charge in [-0.3, -0.25) is 18.9 Å². The number of nitrogens with one attached hydrogen (secondary N) is 1. The predicted octanol–water partition coefficient (Wildman–Crippen LogP) is 5.12. The molecule has 1 N–H and O–H groups in total. The number of thioether (sulfide) groups is 1. The van der Waals surface area contributed by atoms with Crippen molar-refractivity contribution in [3.05, 3.63) is 63.4 Å². The van der Waals surface area contributed by atoms with E-state index in [1.54, 1.807) is 29.7 Å². The summed E-state index contributed by atoms with van der Waals surface area (Å²) in [5.74, 6) is 0.750. The summed E-state index contributed by atoms with van der Waals surface area (Å²) in [5, 5.41) is 3.34. The number of imidazole rings is 1. The topological polar surface area (TPSA) is 84.5 Å². The van der Waals surface area contributed by atoms with Gasteiger partial charge in [-0.05, 0) is 43.4 Å².